The van der Waals surface area contributed by atoms with Gasteiger partial charge in [0.25, 0.3) is 0 Å². The summed E-state index contributed by atoms with van der Waals surface area (Å²) in [5.41, 5.74) is -0.968. The van der Waals surface area contributed by atoms with Crippen LogP contribution >= 0.6 is 0 Å². The first-order chi connectivity index (χ1) is 6.34. The lowest BCUT2D eigenvalue weighted by molar-refractivity contribution is -0.304. The third-order valence-corrected chi connectivity index (χ3v) is 1.10. The molecule has 0 bridgehead atoms. The van der Waals surface area contributed by atoms with E-state index in [-0.39, 0.29) is 6.08 Å². The second-order valence-electron chi connectivity index (χ2n) is 2.15. The molecular weight excluding hydrogens is 196 g/mol. The maximum atomic E-state index is 10.6. The molecule has 0 aromatic rings. The van der Waals surface area contributed by atoms with Crippen LogP contribution in [-0.4, -0.2) is 23.7 Å². The van der Waals surface area contributed by atoms with Crippen LogP contribution in [-0.2, 0) is 19.2 Å². The summed E-state index contributed by atoms with van der Waals surface area (Å²) in [7, 11) is 0. The molecule has 14 heavy (non-hydrogen) atoms. The molecule has 0 saturated heterocycles. The maximum absolute atomic E-state index is 10.6. The van der Waals surface area contributed by atoms with Gasteiger partial charge in [0.1, 0.15) is 5.97 Å². The minimum Gasteiger partial charge on any atom is -0.550 e. The van der Waals surface area contributed by atoms with Crippen molar-refractivity contribution in [2.24, 2.45) is 0 Å². The van der Waals surface area contributed by atoms with Crippen molar-refractivity contribution < 1.29 is 34.5 Å². The first-order valence-corrected chi connectivity index (χ1v) is 3.21. The lowest BCUT2D eigenvalue weighted by Gasteiger charge is -2.08. The van der Waals surface area contributed by atoms with Crippen LogP contribution in [0.15, 0.2) is 11.6 Å². The molecule has 0 aromatic heterocycles. The molecule has 0 N–H and O–H groups in total. The van der Waals surface area contributed by atoms with Crippen molar-refractivity contribution in [3.05, 3.63) is 11.6 Å². The minimum absolute atomic E-state index is 0.0773. The third-order valence-electron chi connectivity index (χ3n) is 1.10. The fourth-order valence-electron chi connectivity index (χ4n) is 0.626. The number of hydrogen-bond donors (Lipinski definition) is 0. The molecule has 0 heterocycles. The van der Waals surface area contributed by atoms with Crippen molar-refractivity contribution >= 4 is 23.7 Å². The summed E-state index contributed by atoms with van der Waals surface area (Å²) in [4.78, 5) is 40.5. The summed E-state index contributed by atoms with van der Waals surface area (Å²) in [5, 5.41) is 29.9. The predicted octanol–water partition coefficient (Wildman–Crippen LogP) is -4.88. The van der Waals surface area contributed by atoms with E-state index in [0.29, 0.717) is 0 Å². The highest BCUT2D eigenvalue weighted by Gasteiger charge is 2.10. The van der Waals surface area contributed by atoms with Gasteiger partial charge in [-0.15, -0.1) is 0 Å². The Labute approximate surface area is 77.3 Å². The Kier molecular flexibility index (Phi) is 4.01. The van der Waals surface area contributed by atoms with E-state index in [0.717, 1.165) is 0 Å². The Balaban J connectivity index is 4.91. The molecule has 0 aromatic carbocycles. The Hall–Kier alpha value is -2.18. The van der Waals surface area contributed by atoms with Crippen LogP contribution in [0.25, 0.3) is 0 Å². The zero-order valence-electron chi connectivity index (χ0n) is 6.64. The molecule has 0 aliphatic heterocycles. The quantitative estimate of drug-likeness (QED) is 0.319. The monoisotopic (exact) mass is 199 g/mol. The summed E-state index contributed by atoms with van der Waals surface area (Å²) in [6, 6.07) is 0. The Morgan fingerprint density at radius 1 is 1.00 bits per heavy atom. The van der Waals surface area contributed by atoms with Crippen LogP contribution in [0.2, 0.25) is 0 Å². The fourth-order valence-corrected chi connectivity index (χ4v) is 0.626. The van der Waals surface area contributed by atoms with Crippen molar-refractivity contribution in [1.82, 2.24) is 0 Å². The van der Waals surface area contributed by atoms with Gasteiger partial charge in [0, 0.05) is 18.0 Å². The smallest absolute Gasteiger partial charge is 0.204 e. The molecule has 0 atom stereocenters. The molecule has 0 amide bonds. The van der Waals surface area contributed by atoms with Gasteiger partial charge in [0.15, 0.2) is 0 Å². The number of aliphatic carboxylic acids is 3. The fraction of sp³-hybridized carbons (Fsp3) is 0.143. The Morgan fingerprint density at radius 3 is 1.79 bits per heavy atom. The van der Waals surface area contributed by atoms with Crippen molar-refractivity contribution in [1.29, 1.82) is 0 Å². The van der Waals surface area contributed by atoms with E-state index in [4.69, 9.17) is 0 Å². The standard InChI is InChI=1S/C7H6O7/c8-4(9)1-3(2-5(10)11)6(12)7(13)14/h1H,2H2,(H,8,9)(H,10,11)(H,13,14)/p-3/b3-1-. The van der Waals surface area contributed by atoms with E-state index >= 15 is 0 Å². The largest absolute Gasteiger partial charge is 0.550 e. The number of carbonyl (C=O) groups is 4. The van der Waals surface area contributed by atoms with Gasteiger partial charge >= 0.3 is 0 Å². The van der Waals surface area contributed by atoms with Gasteiger partial charge in [-0.1, -0.05) is 0 Å². The molecule has 76 valence electrons. The van der Waals surface area contributed by atoms with Crippen LogP contribution in [0.5, 0.6) is 0 Å². The van der Waals surface area contributed by atoms with Crippen molar-refractivity contribution in [3.63, 3.8) is 0 Å². The lowest BCUT2D eigenvalue weighted by atomic mass is 10.1. The normalized spacial score (nSPS) is 10.7. The molecule has 0 radical (unpaired) electrons. The van der Waals surface area contributed by atoms with Crippen LogP contribution in [0, 0.1) is 0 Å². The first kappa shape index (κ1) is 11.8. The molecular formula is C7H3O7-3. The van der Waals surface area contributed by atoms with E-state index in [1.165, 1.54) is 0 Å². The zero-order chi connectivity index (χ0) is 11.3. The molecule has 0 fully saturated rings. The third kappa shape index (κ3) is 4.00. The van der Waals surface area contributed by atoms with Crippen molar-refractivity contribution in [2.45, 2.75) is 6.42 Å². The van der Waals surface area contributed by atoms with Crippen molar-refractivity contribution in [2.75, 3.05) is 0 Å². The SMILES string of the molecule is O=C([O-])/C=C(/CC(=O)[O-])C(=O)C(=O)[O-]. The van der Waals surface area contributed by atoms with E-state index in [1.807, 2.05) is 0 Å². The highest BCUT2D eigenvalue weighted by molar-refractivity contribution is 6.39. The minimum atomic E-state index is -2.20. The molecule has 0 saturated carbocycles. The summed E-state index contributed by atoms with van der Waals surface area (Å²) >= 11 is 0. The van der Waals surface area contributed by atoms with Crippen LogP contribution in [0.3, 0.4) is 0 Å². The molecule has 7 heteroatoms. The summed E-state index contributed by atoms with van der Waals surface area (Å²) in [6.45, 7) is 0. The van der Waals surface area contributed by atoms with E-state index < -0.39 is 35.7 Å². The van der Waals surface area contributed by atoms with Gasteiger partial charge in [0.2, 0.25) is 5.78 Å². The number of rotatable bonds is 5. The number of carbonyl (C=O) groups excluding carboxylic acids is 4. The van der Waals surface area contributed by atoms with Gasteiger partial charge in [-0.2, -0.15) is 0 Å². The first-order valence-electron chi connectivity index (χ1n) is 3.21. The lowest BCUT2D eigenvalue weighted by Crippen LogP contribution is -2.35. The molecule has 0 aliphatic rings. The molecule has 7 nitrogen and oxygen atoms in total. The highest BCUT2D eigenvalue weighted by Crippen LogP contribution is 2.01. The van der Waals surface area contributed by atoms with E-state index in [9.17, 15) is 34.5 Å². The number of carboxylic acid groups (broad SMARTS) is 3. The molecule has 0 spiro atoms. The van der Waals surface area contributed by atoms with Gasteiger partial charge in [-0.05, 0) is 6.08 Å². The molecule has 0 aliphatic carbocycles. The average Bonchev–Trinajstić information content (AvgIpc) is 1.99. The summed E-state index contributed by atoms with van der Waals surface area (Å²) < 4.78 is 0. The van der Waals surface area contributed by atoms with E-state index in [2.05, 4.69) is 0 Å². The maximum Gasteiger partial charge on any atom is 0.204 e. The topological polar surface area (TPSA) is 137 Å². The van der Waals surface area contributed by atoms with Crippen LogP contribution in [0.1, 0.15) is 6.42 Å². The number of ketones is 1. The summed E-state index contributed by atoms with van der Waals surface area (Å²) in [5.74, 6) is -7.58. The van der Waals surface area contributed by atoms with Crippen LogP contribution < -0.4 is 15.3 Å². The molecule has 0 rings (SSSR count). The second-order valence-corrected chi connectivity index (χ2v) is 2.15. The van der Waals surface area contributed by atoms with Gasteiger partial charge < -0.3 is 29.7 Å². The Bertz CT molecular complexity index is 325. The highest BCUT2D eigenvalue weighted by atomic mass is 16.4. The number of Topliss-reactive ketones (excluding diaryl/α,β-unsaturated/α-hetero) is 1. The summed E-state index contributed by atoms with van der Waals surface area (Å²) in [6.07, 6.45) is -1.05. The number of carboxylic acids is 3. The van der Waals surface area contributed by atoms with Crippen molar-refractivity contribution in [3.8, 4) is 0 Å². The van der Waals surface area contributed by atoms with E-state index in [1.54, 1.807) is 0 Å². The second kappa shape index (κ2) is 4.75. The van der Waals surface area contributed by atoms with Gasteiger partial charge in [0.05, 0.1) is 5.97 Å². The average molecular weight is 199 g/mol. The predicted molar refractivity (Wildman–Crippen MR) is 32.7 cm³/mol. The number of hydrogen-bond acceptors (Lipinski definition) is 7. The Morgan fingerprint density at radius 2 is 1.50 bits per heavy atom. The molecule has 0 unspecified atom stereocenters. The van der Waals surface area contributed by atoms with Crippen LogP contribution in [0.4, 0.5) is 0 Å². The zero-order valence-corrected chi connectivity index (χ0v) is 6.64. The van der Waals surface area contributed by atoms with Gasteiger partial charge in [-0.25, -0.2) is 0 Å². The van der Waals surface area contributed by atoms with Gasteiger partial charge in [-0.3, -0.25) is 4.79 Å².